The Hall–Kier alpha value is -3.02. The molecule has 0 aliphatic carbocycles. The highest BCUT2D eigenvalue weighted by molar-refractivity contribution is 7.89. The first-order chi connectivity index (χ1) is 16.0. The number of carbonyl (C=O) groups is 1. The maximum Gasteiger partial charge on any atom is 0.246 e. The minimum absolute atomic E-state index is 0.0274. The van der Waals surface area contributed by atoms with E-state index in [0.29, 0.717) is 37.5 Å². The number of hydrogen-bond acceptors (Lipinski definition) is 7. The molecule has 10 nitrogen and oxygen atoms in total. The van der Waals surface area contributed by atoms with Crippen molar-refractivity contribution in [2.24, 2.45) is 0 Å². The van der Waals surface area contributed by atoms with Crippen molar-refractivity contribution in [1.29, 1.82) is 0 Å². The quantitative estimate of drug-likeness (QED) is 0.584. The highest BCUT2D eigenvalue weighted by atomic mass is 32.2. The van der Waals surface area contributed by atoms with E-state index >= 15 is 0 Å². The van der Waals surface area contributed by atoms with Gasteiger partial charge in [0, 0.05) is 26.2 Å². The molecule has 5 rings (SSSR count). The molecule has 2 aliphatic rings. The SMILES string of the molecule is O=C(Cn1nnc2ccccc21)Nc1cc(S(=O)(=O)N2CCOCC2)ccc1N1CCCC1. The number of anilines is 2. The van der Waals surface area contributed by atoms with Gasteiger partial charge in [0.05, 0.1) is 35.0 Å². The summed E-state index contributed by atoms with van der Waals surface area (Å²) in [7, 11) is -3.68. The standard InChI is InChI=1S/C22H26N6O4S/c29-22(16-28-21-6-2-1-5-18(21)24-25-28)23-19-15-17(7-8-20(19)26-9-3-4-10-26)33(30,31)27-11-13-32-14-12-27/h1-2,5-8,15H,3-4,9-14,16H2,(H,23,29). The highest BCUT2D eigenvalue weighted by Crippen LogP contribution is 2.32. The van der Waals surface area contributed by atoms with Crippen LogP contribution in [-0.2, 0) is 26.1 Å². The lowest BCUT2D eigenvalue weighted by atomic mass is 10.2. The van der Waals surface area contributed by atoms with Crippen LogP contribution in [0.2, 0.25) is 0 Å². The number of nitrogens with zero attached hydrogens (tertiary/aromatic N) is 5. The molecule has 0 saturated carbocycles. The summed E-state index contributed by atoms with van der Waals surface area (Å²) in [5.41, 5.74) is 2.78. The lowest BCUT2D eigenvalue weighted by Crippen LogP contribution is -2.40. The van der Waals surface area contributed by atoms with Crippen LogP contribution in [0.1, 0.15) is 12.8 Å². The van der Waals surface area contributed by atoms with Crippen molar-refractivity contribution in [1.82, 2.24) is 19.3 Å². The molecule has 0 spiro atoms. The van der Waals surface area contributed by atoms with Crippen molar-refractivity contribution in [3.8, 4) is 0 Å². The Morgan fingerprint density at radius 1 is 1.03 bits per heavy atom. The second kappa shape index (κ2) is 9.08. The smallest absolute Gasteiger partial charge is 0.246 e. The zero-order chi connectivity index (χ0) is 22.8. The summed E-state index contributed by atoms with van der Waals surface area (Å²) in [5.74, 6) is -0.299. The second-order valence-corrected chi connectivity index (χ2v) is 10.1. The van der Waals surface area contributed by atoms with Crippen molar-refractivity contribution in [3.63, 3.8) is 0 Å². The molecule has 2 aromatic carbocycles. The lowest BCUT2D eigenvalue weighted by molar-refractivity contribution is -0.116. The number of benzene rings is 2. The fraction of sp³-hybridized carbons (Fsp3) is 0.409. The minimum Gasteiger partial charge on any atom is -0.379 e. The van der Waals surface area contributed by atoms with E-state index in [1.165, 1.54) is 8.99 Å². The maximum atomic E-state index is 13.2. The van der Waals surface area contributed by atoms with E-state index in [2.05, 4.69) is 20.5 Å². The van der Waals surface area contributed by atoms with E-state index in [0.717, 1.165) is 37.1 Å². The summed E-state index contributed by atoms with van der Waals surface area (Å²) in [4.78, 5) is 15.3. The van der Waals surface area contributed by atoms with Gasteiger partial charge >= 0.3 is 0 Å². The minimum atomic E-state index is -3.68. The van der Waals surface area contributed by atoms with Crippen molar-refractivity contribution in [3.05, 3.63) is 42.5 Å². The number of amides is 1. The Kier molecular flexibility index (Phi) is 6.00. The van der Waals surface area contributed by atoms with Gasteiger partial charge in [-0.2, -0.15) is 4.31 Å². The zero-order valence-electron chi connectivity index (χ0n) is 18.2. The van der Waals surface area contributed by atoms with Gasteiger partial charge < -0.3 is 15.0 Å². The van der Waals surface area contributed by atoms with Crippen LogP contribution in [0.15, 0.2) is 47.4 Å². The third-order valence-corrected chi connectivity index (χ3v) is 7.90. The van der Waals surface area contributed by atoms with Crippen molar-refractivity contribution < 1.29 is 17.9 Å². The molecule has 3 heterocycles. The van der Waals surface area contributed by atoms with E-state index in [4.69, 9.17) is 4.74 Å². The summed E-state index contributed by atoms with van der Waals surface area (Å²) in [6.07, 6.45) is 2.12. The van der Waals surface area contributed by atoms with E-state index in [1.54, 1.807) is 18.2 Å². The van der Waals surface area contributed by atoms with Crippen molar-refractivity contribution >= 4 is 38.3 Å². The normalized spacial score (nSPS) is 17.5. The Balaban J connectivity index is 1.43. The van der Waals surface area contributed by atoms with Crippen LogP contribution < -0.4 is 10.2 Å². The number of para-hydroxylation sites is 1. The van der Waals surface area contributed by atoms with Gasteiger partial charge in [0.15, 0.2) is 0 Å². The summed E-state index contributed by atoms with van der Waals surface area (Å²) < 4.78 is 34.6. The first-order valence-corrected chi connectivity index (χ1v) is 12.5. The molecule has 0 bridgehead atoms. The molecule has 2 aliphatic heterocycles. The van der Waals surface area contributed by atoms with Crippen LogP contribution in [0.5, 0.6) is 0 Å². The van der Waals surface area contributed by atoms with Crippen molar-refractivity contribution in [2.75, 3.05) is 49.6 Å². The number of nitrogens with one attached hydrogen (secondary N) is 1. The zero-order valence-corrected chi connectivity index (χ0v) is 19.0. The number of sulfonamides is 1. The number of hydrogen-bond donors (Lipinski definition) is 1. The second-order valence-electron chi connectivity index (χ2n) is 8.17. The lowest BCUT2D eigenvalue weighted by Gasteiger charge is -2.27. The van der Waals surface area contributed by atoms with Gasteiger partial charge in [0.1, 0.15) is 12.1 Å². The molecule has 1 aromatic heterocycles. The maximum absolute atomic E-state index is 13.2. The fourth-order valence-corrected chi connectivity index (χ4v) is 5.74. The Labute approximate surface area is 192 Å². The molecular formula is C22H26N6O4S. The van der Waals surface area contributed by atoms with E-state index < -0.39 is 10.0 Å². The fourth-order valence-electron chi connectivity index (χ4n) is 4.31. The average molecular weight is 471 g/mol. The number of fused-ring (bicyclic) bond motifs is 1. The molecule has 1 N–H and O–H groups in total. The number of ether oxygens (including phenoxy) is 1. The Morgan fingerprint density at radius 2 is 1.79 bits per heavy atom. The van der Waals surface area contributed by atoms with E-state index in [9.17, 15) is 13.2 Å². The van der Waals surface area contributed by atoms with Gasteiger partial charge in [-0.25, -0.2) is 13.1 Å². The van der Waals surface area contributed by atoms with Gasteiger partial charge in [0.25, 0.3) is 0 Å². The Bertz CT molecular complexity index is 1260. The number of carbonyl (C=O) groups excluding carboxylic acids is 1. The summed E-state index contributed by atoms with van der Waals surface area (Å²) in [5, 5.41) is 11.1. The van der Waals surface area contributed by atoms with Crippen LogP contribution >= 0.6 is 0 Å². The van der Waals surface area contributed by atoms with E-state index in [1.807, 2.05) is 24.3 Å². The molecule has 1 amide bonds. The largest absolute Gasteiger partial charge is 0.379 e. The summed E-state index contributed by atoms with van der Waals surface area (Å²) >= 11 is 0. The Morgan fingerprint density at radius 3 is 2.58 bits per heavy atom. The molecule has 33 heavy (non-hydrogen) atoms. The number of morpholine rings is 1. The van der Waals surface area contributed by atoms with Gasteiger partial charge in [-0.3, -0.25) is 4.79 Å². The van der Waals surface area contributed by atoms with Crippen LogP contribution in [-0.4, -0.2) is 73.0 Å². The van der Waals surface area contributed by atoms with Crippen LogP contribution in [0.3, 0.4) is 0 Å². The first-order valence-electron chi connectivity index (χ1n) is 11.1. The highest BCUT2D eigenvalue weighted by Gasteiger charge is 2.28. The van der Waals surface area contributed by atoms with Gasteiger partial charge in [-0.1, -0.05) is 17.3 Å². The molecule has 2 saturated heterocycles. The average Bonchev–Trinajstić information content (AvgIpc) is 3.50. The summed E-state index contributed by atoms with van der Waals surface area (Å²) in [6.45, 7) is 3.09. The monoisotopic (exact) mass is 470 g/mol. The molecule has 0 radical (unpaired) electrons. The molecule has 3 aromatic rings. The van der Waals surface area contributed by atoms with Gasteiger partial charge in [-0.15, -0.1) is 5.10 Å². The first kappa shape index (κ1) is 21.8. The molecule has 11 heteroatoms. The van der Waals surface area contributed by atoms with Crippen LogP contribution in [0, 0.1) is 0 Å². The van der Waals surface area contributed by atoms with Crippen molar-refractivity contribution in [2.45, 2.75) is 24.3 Å². The molecule has 2 fully saturated rings. The molecule has 174 valence electrons. The topological polar surface area (TPSA) is 110 Å². The molecule has 0 atom stereocenters. The predicted molar refractivity (Wildman–Crippen MR) is 124 cm³/mol. The number of aromatic nitrogens is 3. The van der Waals surface area contributed by atoms with Crippen LogP contribution in [0.25, 0.3) is 11.0 Å². The van der Waals surface area contributed by atoms with Gasteiger partial charge in [-0.05, 0) is 43.2 Å². The van der Waals surface area contributed by atoms with Gasteiger partial charge in [0.2, 0.25) is 15.9 Å². The predicted octanol–water partition coefficient (Wildman–Crippen LogP) is 1.69. The third kappa shape index (κ3) is 4.43. The summed E-state index contributed by atoms with van der Waals surface area (Å²) in [6, 6.07) is 12.4. The van der Waals surface area contributed by atoms with E-state index in [-0.39, 0.29) is 17.3 Å². The number of rotatable bonds is 6. The molecule has 0 unspecified atom stereocenters. The van der Waals surface area contributed by atoms with Crippen LogP contribution in [0.4, 0.5) is 11.4 Å². The molecular weight excluding hydrogens is 444 g/mol. The third-order valence-electron chi connectivity index (χ3n) is 6.01.